The molecule has 0 saturated carbocycles. The molecular formula is C12H18N2O3. The van der Waals surface area contributed by atoms with E-state index in [9.17, 15) is 4.79 Å². The summed E-state index contributed by atoms with van der Waals surface area (Å²) in [5.74, 6) is 1.13. The Morgan fingerprint density at radius 3 is 2.94 bits per heavy atom. The molecule has 0 saturated heterocycles. The zero-order valence-corrected chi connectivity index (χ0v) is 10.2. The fourth-order valence-electron chi connectivity index (χ4n) is 1.31. The van der Waals surface area contributed by atoms with Crippen molar-refractivity contribution in [2.24, 2.45) is 0 Å². The lowest BCUT2D eigenvalue weighted by Gasteiger charge is -2.10. The molecule has 0 atom stereocenters. The molecule has 1 N–H and O–H groups in total. The minimum Gasteiger partial charge on any atom is -0.490 e. The molecule has 0 bridgehead atoms. The van der Waals surface area contributed by atoms with Gasteiger partial charge in [-0.2, -0.15) is 0 Å². The summed E-state index contributed by atoms with van der Waals surface area (Å²) in [6.07, 6.45) is 1.99. The number of nitrogens with zero attached hydrogens (tertiary/aromatic N) is 1. The van der Waals surface area contributed by atoms with E-state index in [-0.39, 0.29) is 5.97 Å². The van der Waals surface area contributed by atoms with E-state index in [0.29, 0.717) is 37.7 Å². The Balaban J connectivity index is 2.43. The topological polar surface area (TPSA) is 60.5 Å². The molecule has 1 aromatic heterocycles. The number of hydrogen-bond acceptors (Lipinski definition) is 5. The first kappa shape index (κ1) is 13.3. The van der Waals surface area contributed by atoms with E-state index in [1.807, 2.05) is 19.1 Å². The molecule has 0 spiro atoms. The normalized spacial score (nSPS) is 9.76. The van der Waals surface area contributed by atoms with Crippen molar-refractivity contribution in [3.05, 3.63) is 18.3 Å². The molecule has 0 radical (unpaired) electrons. The third-order valence-electron chi connectivity index (χ3n) is 2.00. The molecule has 94 valence electrons. The van der Waals surface area contributed by atoms with Gasteiger partial charge in [0.1, 0.15) is 0 Å². The molecule has 5 nitrogen and oxygen atoms in total. The van der Waals surface area contributed by atoms with Crippen LogP contribution in [0.2, 0.25) is 0 Å². The maximum atomic E-state index is 11.1. The van der Waals surface area contributed by atoms with Crippen molar-refractivity contribution in [1.29, 1.82) is 0 Å². The molecule has 5 heteroatoms. The summed E-state index contributed by atoms with van der Waals surface area (Å²) in [5.41, 5.74) is 0. The predicted octanol–water partition coefficient (Wildman–Crippen LogP) is 1.85. The molecule has 1 aromatic rings. The van der Waals surface area contributed by atoms with Crippen molar-refractivity contribution < 1.29 is 14.3 Å². The molecule has 0 aliphatic rings. The molecule has 0 aromatic carbocycles. The molecule has 17 heavy (non-hydrogen) atoms. The number of anilines is 1. The van der Waals surface area contributed by atoms with Gasteiger partial charge in [-0.15, -0.1) is 0 Å². The van der Waals surface area contributed by atoms with Crippen molar-refractivity contribution >= 4 is 11.8 Å². The number of nitrogens with one attached hydrogen (secondary N) is 1. The van der Waals surface area contributed by atoms with Crippen LogP contribution >= 0.6 is 0 Å². The monoisotopic (exact) mass is 238 g/mol. The Morgan fingerprint density at radius 1 is 1.41 bits per heavy atom. The summed E-state index contributed by atoms with van der Waals surface area (Å²) in [5, 5.41) is 3.05. The lowest BCUT2D eigenvalue weighted by Crippen LogP contribution is -2.12. The van der Waals surface area contributed by atoms with Gasteiger partial charge in [-0.3, -0.25) is 4.79 Å². The fraction of sp³-hybridized carbons (Fsp3) is 0.500. The van der Waals surface area contributed by atoms with Gasteiger partial charge in [0.25, 0.3) is 0 Å². The number of esters is 1. The SMILES string of the molecule is CCOC(=O)CCNc1ncccc1OCC. The van der Waals surface area contributed by atoms with Gasteiger partial charge in [-0.1, -0.05) is 0 Å². The Morgan fingerprint density at radius 2 is 2.24 bits per heavy atom. The second kappa shape index (κ2) is 7.49. The Kier molecular flexibility index (Phi) is 5.85. The maximum Gasteiger partial charge on any atom is 0.307 e. The van der Waals surface area contributed by atoms with Crippen LogP contribution < -0.4 is 10.1 Å². The Hall–Kier alpha value is -1.78. The van der Waals surface area contributed by atoms with Crippen LogP contribution in [0.4, 0.5) is 5.82 Å². The van der Waals surface area contributed by atoms with Gasteiger partial charge in [-0.25, -0.2) is 4.98 Å². The lowest BCUT2D eigenvalue weighted by atomic mass is 10.4. The number of pyridine rings is 1. The number of hydrogen-bond donors (Lipinski definition) is 1. The zero-order valence-electron chi connectivity index (χ0n) is 10.2. The van der Waals surface area contributed by atoms with E-state index in [1.54, 1.807) is 13.1 Å². The minimum absolute atomic E-state index is 0.214. The second-order valence-electron chi connectivity index (χ2n) is 3.26. The van der Waals surface area contributed by atoms with Gasteiger partial charge >= 0.3 is 5.97 Å². The first-order valence-corrected chi connectivity index (χ1v) is 5.75. The van der Waals surface area contributed by atoms with Gasteiger partial charge in [0.15, 0.2) is 11.6 Å². The van der Waals surface area contributed by atoms with Gasteiger partial charge in [0.2, 0.25) is 0 Å². The second-order valence-corrected chi connectivity index (χ2v) is 3.26. The summed E-state index contributed by atoms with van der Waals surface area (Å²) >= 11 is 0. The van der Waals surface area contributed by atoms with E-state index >= 15 is 0 Å². The van der Waals surface area contributed by atoms with E-state index in [4.69, 9.17) is 9.47 Å². The van der Waals surface area contributed by atoms with Gasteiger partial charge < -0.3 is 14.8 Å². The summed E-state index contributed by atoms with van der Waals surface area (Å²) < 4.78 is 10.2. The quantitative estimate of drug-likeness (QED) is 0.734. The molecule has 0 unspecified atom stereocenters. The third-order valence-corrected chi connectivity index (χ3v) is 2.00. The van der Waals surface area contributed by atoms with Crippen LogP contribution in [-0.2, 0) is 9.53 Å². The lowest BCUT2D eigenvalue weighted by molar-refractivity contribution is -0.142. The largest absolute Gasteiger partial charge is 0.490 e. The third kappa shape index (κ3) is 4.72. The Bertz CT molecular complexity index is 355. The van der Waals surface area contributed by atoms with Gasteiger partial charge in [0.05, 0.1) is 19.6 Å². The summed E-state index contributed by atoms with van der Waals surface area (Å²) in [7, 11) is 0. The summed E-state index contributed by atoms with van der Waals surface area (Å²) in [6.45, 7) is 5.17. The zero-order chi connectivity index (χ0) is 12.5. The maximum absolute atomic E-state index is 11.1. The fourth-order valence-corrected chi connectivity index (χ4v) is 1.31. The molecule has 0 amide bonds. The van der Waals surface area contributed by atoms with Gasteiger partial charge in [-0.05, 0) is 26.0 Å². The van der Waals surface area contributed by atoms with Crippen LogP contribution in [0.25, 0.3) is 0 Å². The number of aromatic nitrogens is 1. The average molecular weight is 238 g/mol. The first-order chi connectivity index (χ1) is 8.27. The van der Waals surface area contributed by atoms with E-state index in [2.05, 4.69) is 10.3 Å². The van der Waals surface area contributed by atoms with Crippen LogP contribution in [0.1, 0.15) is 20.3 Å². The molecule has 1 rings (SSSR count). The predicted molar refractivity (Wildman–Crippen MR) is 65.1 cm³/mol. The summed E-state index contributed by atoms with van der Waals surface area (Å²) in [4.78, 5) is 15.3. The smallest absolute Gasteiger partial charge is 0.307 e. The highest BCUT2D eigenvalue weighted by Crippen LogP contribution is 2.20. The summed E-state index contributed by atoms with van der Waals surface area (Å²) in [6, 6.07) is 3.64. The minimum atomic E-state index is -0.214. The first-order valence-electron chi connectivity index (χ1n) is 5.75. The van der Waals surface area contributed by atoms with Crippen LogP contribution in [0, 0.1) is 0 Å². The van der Waals surface area contributed by atoms with Crippen LogP contribution in [-0.4, -0.2) is 30.7 Å². The van der Waals surface area contributed by atoms with E-state index < -0.39 is 0 Å². The molecule has 1 heterocycles. The van der Waals surface area contributed by atoms with Crippen molar-refractivity contribution in [2.45, 2.75) is 20.3 Å². The standard InChI is InChI=1S/C12H18N2O3/c1-3-16-10-6-5-8-13-12(10)14-9-7-11(15)17-4-2/h5-6,8H,3-4,7,9H2,1-2H3,(H,13,14). The number of ether oxygens (including phenoxy) is 2. The number of carbonyl (C=O) groups is 1. The highest BCUT2D eigenvalue weighted by molar-refractivity contribution is 5.70. The van der Waals surface area contributed by atoms with E-state index in [1.165, 1.54) is 0 Å². The van der Waals surface area contributed by atoms with Crippen molar-refractivity contribution in [2.75, 3.05) is 25.1 Å². The van der Waals surface area contributed by atoms with Crippen molar-refractivity contribution in [3.8, 4) is 5.75 Å². The van der Waals surface area contributed by atoms with E-state index in [0.717, 1.165) is 0 Å². The van der Waals surface area contributed by atoms with Crippen molar-refractivity contribution in [3.63, 3.8) is 0 Å². The Labute approximate surface area is 101 Å². The van der Waals surface area contributed by atoms with Crippen LogP contribution in [0.5, 0.6) is 5.75 Å². The molecule has 0 aliphatic heterocycles. The highest BCUT2D eigenvalue weighted by Gasteiger charge is 2.05. The number of rotatable bonds is 7. The van der Waals surface area contributed by atoms with Crippen LogP contribution in [0.15, 0.2) is 18.3 Å². The van der Waals surface area contributed by atoms with Crippen molar-refractivity contribution in [1.82, 2.24) is 4.98 Å². The number of carbonyl (C=O) groups excluding carboxylic acids is 1. The highest BCUT2D eigenvalue weighted by atomic mass is 16.5. The van der Waals surface area contributed by atoms with Crippen LogP contribution in [0.3, 0.4) is 0 Å². The molecular weight excluding hydrogens is 220 g/mol. The average Bonchev–Trinajstić information content (AvgIpc) is 2.32. The molecule has 0 aliphatic carbocycles. The molecule has 0 fully saturated rings. The van der Waals surface area contributed by atoms with Gasteiger partial charge in [0, 0.05) is 12.7 Å².